The first-order valence-electron chi connectivity index (χ1n) is 11.8. The van der Waals surface area contributed by atoms with Gasteiger partial charge in [0.1, 0.15) is 0 Å². The molecule has 0 amide bonds. The second kappa shape index (κ2) is 19.0. The average Bonchev–Trinajstić information content (AvgIpc) is 2.61. The van der Waals surface area contributed by atoms with E-state index in [1.807, 2.05) is 0 Å². The van der Waals surface area contributed by atoms with E-state index in [1.165, 1.54) is 70.6 Å². The van der Waals surface area contributed by atoms with Gasteiger partial charge in [0, 0.05) is 13.0 Å². The molecule has 162 valence electrons. The first-order valence-corrected chi connectivity index (χ1v) is 15.2. The van der Waals surface area contributed by atoms with Crippen molar-refractivity contribution in [1.29, 1.82) is 0 Å². The van der Waals surface area contributed by atoms with Crippen LogP contribution in [-0.4, -0.2) is 27.5 Å². The average molecular weight is 401 g/mol. The summed E-state index contributed by atoms with van der Waals surface area (Å²) in [4.78, 5) is 11.7. The zero-order valence-electron chi connectivity index (χ0n) is 19.0. The Balaban J connectivity index is 3.19. The Hall–Kier alpha value is -0.353. The van der Waals surface area contributed by atoms with E-state index in [-0.39, 0.29) is 5.97 Å². The van der Waals surface area contributed by atoms with Crippen molar-refractivity contribution in [3.05, 3.63) is 0 Å². The Labute approximate surface area is 171 Å². The Kier molecular flexibility index (Phi) is 18.7. The predicted molar refractivity (Wildman–Crippen MR) is 120 cm³/mol. The molecule has 0 radical (unpaired) electrons. The highest BCUT2D eigenvalue weighted by atomic mass is 28.4. The first kappa shape index (κ1) is 26.6. The van der Waals surface area contributed by atoms with Crippen molar-refractivity contribution in [2.24, 2.45) is 0 Å². The molecular formula is C23H48O3Si. The standard InChI is InChI=1S/C23H48O3Si/c1-5-6-7-8-9-10-11-12-13-14-15-16-17-20-23(24)25-21-18-19-22-26-27(2,3)4/h5-22H2,1-4H3. The molecule has 0 N–H and O–H groups in total. The van der Waals surface area contributed by atoms with Gasteiger partial charge in [0.25, 0.3) is 0 Å². The number of ether oxygens (including phenoxy) is 1. The highest BCUT2D eigenvalue weighted by molar-refractivity contribution is 6.69. The smallest absolute Gasteiger partial charge is 0.305 e. The van der Waals surface area contributed by atoms with E-state index >= 15 is 0 Å². The molecule has 0 fully saturated rings. The van der Waals surface area contributed by atoms with Gasteiger partial charge in [-0.1, -0.05) is 84.0 Å². The van der Waals surface area contributed by atoms with Crippen LogP contribution in [0.1, 0.15) is 110 Å². The molecule has 0 spiro atoms. The van der Waals surface area contributed by atoms with Crippen LogP contribution in [-0.2, 0) is 14.0 Å². The zero-order valence-corrected chi connectivity index (χ0v) is 20.0. The summed E-state index contributed by atoms with van der Waals surface area (Å²) < 4.78 is 11.1. The summed E-state index contributed by atoms with van der Waals surface area (Å²) in [5.74, 6) is -0.0239. The number of carbonyl (C=O) groups is 1. The van der Waals surface area contributed by atoms with Gasteiger partial charge in [-0.25, -0.2) is 0 Å². The minimum absolute atomic E-state index is 0.0239. The Morgan fingerprint density at radius 3 is 1.56 bits per heavy atom. The monoisotopic (exact) mass is 400 g/mol. The molecule has 0 rings (SSSR count). The molecule has 0 heterocycles. The van der Waals surface area contributed by atoms with Gasteiger partial charge in [-0.05, 0) is 38.9 Å². The van der Waals surface area contributed by atoms with Crippen molar-refractivity contribution >= 4 is 14.3 Å². The molecule has 3 nitrogen and oxygen atoms in total. The van der Waals surface area contributed by atoms with Gasteiger partial charge in [0.2, 0.25) is 0 Å². The molecule has 0 aromatic rings. The fourth-order valence-corrected chi connectivity index (χ4v) is 3.88. The number of hydrogen-bond donors (Lipinski definition) is 0. The first-order chi connectivity index (χ1) is 13.0. The lowest BCUT2D eigenvalue weighted by atomic mass is 10.0. The summed E-state index contributed by atoms with van der Waals surface area (Å²) in [5.41, 5.74) is 0. The van der Waals surface area contributed by atoms with Gasteiger partial charge in [-0.2, -0.15) is 0 Å². The van der Waals surface area contributed by atoms with Crippen LogP contribution in [0.5, 0.6) is 0 Å². The molecule has 0 aliphatic carbocycles. The molecule has 0 saturated heterocycles. The molecule has 0 aromatic carbocycles. The third-order valence-electron chi connectivity index (χ3n) is 4.82. The fourth-order valence-electron chi connectivity index (χ4n) is 3.13. The summed E-state index contributed by atoms with van der Waals surface area (Å²) in [7, 11) is -1.39. The SMILES string of the molecule is CCCCCCCCCCCCCCCC(=O)OCCCCO[Si](C)(C)C. The zero-order chi connectivity index (χ0) is 20.2. The molecule has 0 unspecified atom stereocenters. The molecular weight excluding hydrogens is 352 g/mol. The van der Waals surface area contributed by atoms with E-state index in [1.54, 1.807) is 0 Å². The number of unbranched alkanes of at least 4 members (excludes halogenated alkanes) is 13. The largest absolute Gasteiger partial charge is 0.466 e. The minimum atomic E-state index is -1.39. The fraction of sp³-hybridized carbons (Fsp3) is 0.957. The second-order valence-electron chi connectivity index (χ2n) is 8.88. The highest BCUT2D eigenvalue weighted by Gasteiger charge is 2.13. The van der Waals surface area contributed by atoms with E-state index in [4.69, 9.17) is 9.16 Å². The van der Waals surface area contributed by atoms with Crippen LogP contribution in [0.25, 0.3) is 0 Å². The minimum Gasteiger partial charge on any atom is -0.466 e. The van der Waals surface area contributed by atoms with Crippen LogP contribution < -0.4 is 0 Å². The molecule has 0 aliphatic heterocycles. The third kappa shape index (κ3) is 23.6. The van der Waals surface area contributed by atoms with E-state index in [0.717, 1.165) is 32.3 Å². The third-order valence-corrected chi connectivity index (χ3v) is 5.89. The highest BCUT2D eigenvalue weighted by Crippen LogP contribution is 2.13. The van der Waals surface area contributed by atoms with Gasteiger partial charge in [0.05, 0.1) is 6.61 Å². The Bertz CT molecular complexity index is 326. The summed E-state index contributed by atoms with van der Waals surface area (Å²) in [6, 6.07) is 0. The summed E-state index contributed by atoms with van der Waals surface area (Å²) in [6.07, 6.45) is 19.8. The molecule has 0 saturated carbocycles. The van der Waals surface area contributed by atoms with Crippen LogP contribution in [0.3, 0.4) is 0 Å². The number of esters is 1. The van der Waals surface area contributed by atoms with Crippen molar-refractivity contribution in [1.82, 2.24) is 0 Å². The lowest BCUT2D eigenvalue weighted by Crippen LogP contribution is -2.25. The van der Waals surface area contributed by atoms with Crippen LogP contribution >= 0.6 is 0 Å². The quantitative estimate of drug-likeness (QED) is 0.120. The van der Waals surface area contributed by atoms with E-state index in [2.05, 4.69) is 26.6 Å². The maximum Gasteiger partial charge on any atom is 0.305 e. The second-order valence-corrected chi connectivity index (χ2v) is 13.4. The molecule has 0 aromatic heterocycles. The van der Waals surface area contributed by atoms with E-state index < -0.39 is 8.32 Å². The number of carbonyl (C=O) groups excluding carboxylic acids is 1. The maximum atomic E-state index is 11.7. The normalized spacial score (nSPS) is 11.7. The molecule has 0 bridgehead atoms. The Morgan fingerprint density at radius 1 is 0.630 bits per heavy atom. The van der Waals surface area contributed by atoms with Crippen molar-refractivity contribution in [3.8, 4) is 0 Å². The van der Waals surface area contributed by atoms with Gasteiger partial charge in [0.15, 0.2) is 8.32 Å². The van der Waals surface area contributed by atoms with Crippen molar-refractivity contribution in [2.75, 3.05) is 13.2 Å². The van der Waals surface area contributed by atoms with Crippen LogP contribution in [0.2, 0.25) is 19.6 Å². The van der Waals surface area contributed by atoms with Crippen molar-refractivity contribution in [3.63, 3.8) is 0 Å². The molecule has 4 heteroatoms. The lowest BCUT2D eigenvalue weighted by molar-refractivity contribution is -0.143. The van der Waals surface area contributed by atoms with Crippen LogP contribution in [0, 0.1) is 0 Å². The lowest BCUT2D eigenvalue weighted by Gasteiger charge is -2.16. The van der Waals surface area contributed by atoms with Crippen molar-refractivity contribution < 1.29 is 14.0 Å². The van der Waals surface area contributed by atoms with Crippen LogP contribution in [0.15, 0.2) is 0 Å². The van der Waals surface area contributed by atoms with Gasteiger partial charge in [-0.15, -0.1) is 0 Å². The van der Waals surface area contributed by atoms with E-state index in [9.17, 15) is 4.79 Å². The summed E-state index contributed by atoms with van der Waals surface area (Å²) in [5, 5.41) is 0. The maximum absolute atomic E-state index is 11.7. The summed E-state index contributed by atoms with van der Waals surface area (Å²) in [6.45, 7) is 10.2. The predicted octanol–water partition coefficient (Wildman–Crippen LogP) is 7.64. The van der Waals surface area contributed by atoms with Crippen LogP contribution in [0.4, 0.5) is 0 Å². The topological polar surface area (TPSA) is 35.5 Å². The van der Waals surface area contributed by atoms with Gasteiger partial charge in [-0.3, -0.25) is 4.79 Å². The molecule has 0 atom stereocenters. The Morgan fingerprint density at radius 2 is 1.07 bits per heavy atom. The molecule has 27 heavy (non-hydrogen) atoms. The van der Waals surface area contributed by atoms with E-state index in [0.29, 0.717) is 13.0 Å². The van der Waals surface area contributed by atoms with Crippen molar-refractivity contribution in [2.45, 2.75) is 129 Å². The molecule has 0 aliphatic rings. The number of hydrogen-bond acceptors (Lipinski definition) is 3. The van der Waals surface area contributed by atoms with Gasteiger partial charge < -0.3 is 9.16 Å². The van der Waals surface area contributed by atoms with Gasteiger partial charge >= 0.3 is 5.97 Å². The number of rotatable bonds is 20. The summed E-state index contributed by atoms with van der Waals surface area (Å²) >= 11 is 0.